The molecule has 21 heavy (non-hydrogen) atoms. The highest BCUT2D eigenvalue weighted by Crippen LogP contribution is 2.19. The van der Waals surface area contributed by atoms with Crippen LogP contribution in [0.3, 0.4) is 0 Å². The molecule has 0 saturated heterocycles. The van der Waals surface area contributed by atoms with Crippen molar-refractivity contribution in [3.8, 4) is 5.75 Å². The molecule has 0 aliphatic rings. The van der Waals surface area contributed by atoms with Crippen LogP contribution in [0.15, 0.2) is 36.4 Å². The van der Waals surface area contributed by atoms with E-state index >= 15 is 0 Å². The number of hydrogen-bond acceptors (Lipinski definition) is 4. The first-order valence-electron chi connectivity index (χ1n) is 6.77. The molecule has 5 nitrogen and oxygen atoms in total. The highest BCUT2D eigenvalue weighted by atomic mass is 16.5. The second-order valence-electron chi connectivity index (χ2n) is 4.77. The summed E-state index contributed by atoms with van der Waals surface area (Å²) in [6, 6.07) is 11.7. The summed E-state index contributed by atoms with van der Waals surface area (Å²) in [6.07, 6.45) is 0. The number of carbonyl (C=O) groups excluding carboxylic acids is 1. The van der Waals surface area contributed by atoms with Gasteiger partial charge in [-0.2, -0.15) is 0 Å². The quantitative estimate of drug-likeness (QED) is 0.802. The van der Waals surface area contributed by atoms with E-state index in [0.29, 0.717) is 12.2 Å². The van der Waals surface area contributed by atoms with E-state index in [1.807, 2.05) is 24.3 Å². The number of carbonyl (C=O) groups is 1. The number of aromatic nitrogens is 1. The molecule has 0 aliphatic heterocycles. The minimum absolute atomic E-state index is 0.171. The molecule has 0 bridgehead atoms. The molecule has 2 N–H and O–H groups in total. The van der Waals surface area contributed by atoms with Gasteiger partial charge in [-0.25, -0.2) is 4.79 Å². The zero-order chi connectivity index (χ0) is 15.2. The van der Waals surface area contributed by atoms with Gasteiger partial charge in [-0.3, -0.25) is 0 Å². The summed E-state index contributed by atoms with van der Waals surface area (Å²) in [5.74, 6) is 0.482. The van der Waals surface area contributed by atoms with Crippen molar-refractivity contribution in [2.45, 2.75) is 19.5 Å². The Morgan fingerprint density at radius 3 is 2.81 bits per heavy atom. The Labute approximate surface area is 124 Å². The molecule has 0 aliphatic carbocycles. The summed E-state index contributed by atoms with van der Waals surface area (Å²) in [7, 11) is 3.02. The van der Waals surface area contributed by atoms with Gasteiger partial charge >= 0.3 is 5.97 Å². The molecular weight excluding hydrogens is 268 g/mol. The summed E-state index contributed by atoms with van der Waals surface area (Å²) in [5.41, 5.74) is 2.54. The third-order valence-corrected chi connectivity index (χ3v) is 3.34. The molecule has 1 atom stereocenters. The average Bonchev–Trinajstić information content (AvgIpc) is 3.00. The summed E-state index contributed by atoms with van der Waals surface area (Å²) in [4.78, 5) is 14.4. The Morgan fingerprint density at radius 2 is 2.10 bits per heavy atom. The van der Waals surface area contributed by atoms with E-state index in [4.69, 9.17) is 4.74 Å². The van der Waals surface area contributed by atoms with Crippen molar-refractivity contribution >= 4 is 5.97 Å². The summed E-state index contributed by atoms with van der Waals surface area (Å²) < 4.78 is 9.89. The Bertz CT molecular complexity index is 607. The van der Waals surface area contributed by atoms with Crippen molar-refractivity contribution in [2.24, 2.45) is 0 Å². The molecule has 0 unspecified atom stereocenters. The third-order valence-electron chi connectivity index (χ3n) is 3.34. The first-order valence-corrected chi connectivity index (χ1v) is 6.77. The third kappa shape index (κ3) is 3.86. The minimum Gasteiger partial charge on any atom is -0.497 e. The van der Waals surface area contributed by atoms with Gasteiger partial charge in [0.1, 0.15) is 11.4 Å². The van der Waals surface area contributed by atoms with E-state index in [1.54, 1.807) is 13.2 Å². The summed E-state index contributed by atoms with van der Waals surface area (Å²) in [5, 5.41) is 3.40. The fourth-order valence-corrected chi connectivity index (χ4v) is 2.06. The molecule has 2 aromatic rings. The molecule has 2 rings (SSSR count). The van der Waals surface area contributed by atoms with E-state index in [2.05, 4.69) is 28.0 Å². The zero-order valence-corrected chi connectivity index (χ0v) is 12.5. The van der Waals surface area contributed by atoms with Crippen molar-refractivity contribution < 1.29 is 14.3 Å². The van der Waals surface area contributed by atoms with Crippen LogP contribution < -0.4 is 10.1 Å². The first kappa shape index (κ1) is 15.1. The molecule has 0 spiro atoms. The van der Waals surface area contributed by atoms with Gasteiger partial charge in [0, 0.05) is 18.3 Å². The Hall–Kier alpha value is -2.27. The number of esters is 1. The number of hydrogen-bond donors (Lipinski definition) is 2. The molecule has 1 heterocycles. The van der Waals surface area contributed by atoms with Gasteiger partial charge in [-0.1, -0.05) is 12.1 Å². The highest BCUT2D eigenvalue weighted by molar-refractivity contribution is 5.87. The van der Waals surface area contributed by atoms with E-state index in [1.165, 1.54) is 7.11 Å². The van der Waals surface area contributed by atoms with E-state index in [-0.39, 0.29) is 12.0 Å². The van der Waals surface area contributed by atoms with Gasteiger partial charge in [-0.15, -0.1) is 0 Å². The van der Waals surface area contributed by atoms with E-state index in [0.717, 1.165) is 17.0 Å². The number of rotatable bonds is 6. The summed E-state index contributed by atoms with van der Waals surface area (Å²) >= 11 is 0. The topological polar surface area (TPSA) is 63.4 Å². The largest absolute Gasteiger partial charge is 0.497 e. The van der Waals surface area contributed by atoms with Crippen LogP contribution in [0.1, 0.15) is 34.7 Å². The minimum atomic E-state index is -0.359. The summed E-state index contributed by atoms with van der Waals surface area (Å²) in [6.45, 7) is 2.72. The first-order chi connectivity index (χ1) is 10.1. The van der Waals surface area contributed by atoms with E-state index in [9.17, 15) is 4.79 Å². The lowest BCUT2D eigenvalue weighted by Gasteiger charge is -2.14. The number of methoxy groups -OCH3 is 2. The fourth-order valence-electron chi connectivity index (χ4n) is 2.06. The second kappa shape index (κ2) is 6.95. The molecular formula is C16H20N2O3. The number of ether oxygens (including phenoxy) is 2. The van der Waals surface area contributed by atoms with Crippen molar-refractivity contribution in [2.75, 3.05) is 14.2 Å². The van der Waals surface area contributed by atoms with Crippen LogP contribution in [-0.4, -0.2) is 25.2 Å². The molecule has 1 aromatic heterocycles. The number of nitrogens with one attached hydrogen (secondary N) is 2. The van der Waals surface area contributed by atoms with Gasteiger partial charge in [0.15, 0.2) is 0 Å². The van der Waals surface area contributed by atoms with Crippen molar-refractivity contribution in [1.82, 2.24) is 10.3 Å². The van der Waals surface area contributed by atoms with E-state index < -0.39 is 0 Å². The van der Waals surface area contributed by atoms with Crippen molar-refractivity contribution in [3.05, 3.63) is 53.3 Å². The Morgan fingerprint density at radius 1 is 1.29 bits per heavy atom. The van der Waals surface area contributed by atoms with Crippen molar-refractivity contribution in [3.63, 3.8) is 0 Å². The van der Waals surface area contributed by atoms with Crippen LogP contribution in [0.25, 0.3) is 0 Å². The predicted molar refractivity (Wildman–Crippen MR) is 80.4 cm³/mol. The van der Waals surface area contributed by atoms with Crippen LogP contribution in [0, 0.1) is 0 Å². The van der Waals surface area contributed by atoms with Crippen LogP contribution in [0.2, 0.25) is 0 Å². The fraction of sp³-hybridized carbons (Fsp3) is 0.312. The molecule has 0 radical (unpaired) electrons. The molecule has 1 aromatic carbocycles. The monoisotopic (exact) mass is 288 g/mol. The van der Waals surface area contributed by atoms with Gasteiger partial charge in [0.25, 0.3) is 0 Å². The second-order valence-corrected chi connectivity index (χ2v) is 4.77. The molecule has 5 heteroatoms. The Balaban J connectivity index is 1.95. The highest BCUT2D eigenvalue weighted by Gasteiger charge is 2.10. The maximum Gasteiger partial charge on any atom is 0.354 e. The molecule has 0 fully saturated rings. The number of aromatic amines is 1. The lowest BCUT2D eigenvalue weighted by Crippen LogP contribution is -2.18. The zero-order valence-electron chi connectivity index (χ0n) is 12.5. The maximum atomic E-state index is 11.4. The molecule has 0 amide bonds. The maximum absolute atomic E-state index is 11.4. The number of H-pyrrole nitrogens is 1. The SMILES string of the molecule is COC(=O)c1ccc(CN[C@@H](C)c2cccc(OC)c2)[nH]1. The molecule has 112 valence electrons. The lowest BCUT2D eigenvalue weighted by molar-refractivity contribution is 0.0594. The lowest BCUT2D eigenvalue weighted by atomic mass is 10.1. The van der Waals surface area contributed by atoms with Gasteiger partial charge in [-0.05, 0) is 36.8 Å². The van der Waals surface area contributed by atoms with Crippen LogP contribution in [0.5, 0.6) is 5.75 Å². The normalized spacial score (nSPS) is 12.0. The smallest absolute Gasteiger partial charge is 0.354 e. The van der Waals surface area contributed by atoms with Crippen LogP contribution >= 0.6 is 0 Å². The van der Waals surface area contributed by atoms with Gasteiger partial charge in [0.2, 0.25) is 0 Å². The van der Waals surface area contributed by atoms with Gasteiger partial charge in [0.05, 0.1) is 14.2 Å². The van der Waals surface area contributed by atoms with Gasteiger partial charge < -0.3 is 19.8 Å². The average molecular weight is 288 g/mol. The Kier molecular flexibility index (Phi) is 5.00. The van der Waals surface area contributed by atoms with Crippen molar-refractivity contribution in [1.29, 1.82) is 0 Å². The standard InChI is InChI=1S/C16H20N2O3/c1-11(12-5-4-6-14(9-12)20-2)17-10-13-7-8-15(18-13)16(19)21-3/h4-9,11,17-18H,10H2,1-3H3/t11-/m0/s1. The van der Waals surface area contributed by atoms with Crippen LogP contribution in [-0.2, 0) is 11.3 Å². The van der Waals surface area contributed by atoms with Crippen LogP contribution in [0.4, 0.5) is 0 Å². The molecule has 0 saturated carbocycles. The predicted octanol–water partition coefficient (Wildman–Crippen LogP) is 2.66. The number of benzene rings is 1.